The van der Waals surface area contributed by atoms with Crippen molar-refractivity contribution in [3.05, 3.63) is 199 Å². The Kier molecular flexibility index (Phi) is 12.3. The molecule has 0 fully saturated rings. The Hall–Kier alpha value is -5.93. The van der Waals surface area contributed by atoms with Crippen molar-refractivity contribution in [2.24, 2.45) is 16.5 Å². The van der Waals surface area contributed by atoms with Gasteiger partial charge < -0.3 is 16.2 Å². The second-order valence-corrected chi connectivity index (χ2v) is 17.5. The average Bonchev–Trinajstić information content (AvgIpc) is 3.21. The van der Waals surface area contributed by atoms with Crippen LogP contribution in [0, 0.1) is 0 Å². The number of nitrogens with two attached hydrogens (primary N) is 2. The van der Waals surface area contributed by atoms with Gasteiger partial charge in [-0.1, -0.05) is 185 Å². The normalized spacial score (nSPS) is 12.1. The molecule has 6 nitrogen and oxygen atoms in total. The first-order chi connectivity index (χ1) is 26.3. The molecule has 1 aliphatic rings. The Morgan fingerprint density at radius 2 is 0.927 bits per heavy atom. The molecule has 1 aliphatic heterocycles. The summed E-state index contributed by atoms with van der Waals surface area (Å²) in [7, 11) is -1.65. The van der Waals surface area contributed by atoms with Gasteiger partial charge >= 0.3 is 0 Å². The fraction of sp³-hybridized carbons (Fsp3) is 0.0851. The molecule has 0 aliphatic carbocycles. The Morgan fingerprint density at radius 3 is 1.27 bits per heavy atom. The number of carbonyl (C=O) groups is 1. The van der Waals surface area contributed by atoms with Crippen LogP contribution in [0.5, 0.6) is 11.5 Å². The van der Waals surface area contributed by atoms with Crippen molar-refractivity contribution in [3.63, 3.8) is 0 Å². The van der Waals surface area contributed by atoms with Crippen LogP contribution in [0.3, 0.4) is 0 Å². The smallest absolute Gasteiger partial charge is 0.298 e. The second-order valence-electron chi connectivity index (χ2n) is 13.1. The minimum atomic E-state index is -0.824. The number of nitrogens with zero attached hydrogens (tertiary/aromatic N) is 2. The van der Waals surface area contributed by atoms with E-state index in [1.54, 1.807) is 12.1 Å². The molecule has 8 rings (SSSR count). The summed E-state index contributed by atoms with van der Waals surface area (Å²) in [5, 5.41) is 7.81. The zero-order chi connectivity index (χ0) is 37.5. The van der Waals surface area contributed by atoms with Gasteiger partial charge in [0.05, 0.1) is 0 Å². The number of aromatic nitrogens is 1. The molecular formula is C47H44N4O2P2. The van der Waals surface area contributed by atoms with E-state index in [2.05, 4.69) is 182 Å². The number of fused-ring (bicyclic) bond motifs is 2. The van der Waals surface area contributed by atoms with Crippen molar-refractivity contribution in [2.75, 3.05) is 0 Å². The molecule has 0 bridgehead atoms. The van der Waals surface area contributed by atoms with E-state index < -0.39 is 21.8 Å². The van der Waals surface area contributed by atoms with Crippen molar-refractivity contribution in [1.29, 1.82) is 0 Å². The average molecular weight is 759 g/mol. The highest BCUT2D eigenvalue weighted by atomic mass is 31.1. The maximum Gasteiger partial charge on any atom is 0.298 e. The Morgan fingerprint density at radius 1 is 0.545 bits per heavy atom. The number of benzene rings is 6. The van der Waals surface area contributed by atoms with E-state index in [0.29, 0.717) is 0 Å². The zero-order valence-corrected chi connectivity index (χ0v) is 31.9. The summed E-state index contributed by atoms with van der Waals surface area (Å²) in [5.41, 5.74) is 12.5. The molecule has 6 aromatic carbocycles. The predicted molar refractivity (Wildman–Crippen MR) is 234 cm³/mol. The summed E-state index contributed by atoms with van der Waals surface area (Å²) in [5.74, 6) is 1.23. The lowest BCUT2D eigenvalue weighted by molar-refractivity contribution is 0.0998. The van der Waals surface area contributed by atoms with E-state index in [1.165, 1.54) is 55.2 Å². The zero-order valence-electron chi connectivity index (χ0n) is 30.1. The number of ether oxygens (including phenoxy) is 1. The number of para-hydroxylation sites is 2. The van der Waals surface area contributed by atoms with Gasteiger partial charge in [0, 0.05) is 33.3 Å². The van der Waals surface area contributed by atoms with Crippen LogP contribution in [0.1, 0.15) is 42.9 Å². The van der Waals surface area contributed by atoms with Gasteiger partial charge in [-0.3, -0.25) is 9.78 Å². The van der Waals surface area contributed by atoms with Crippen LogP contribution in [0.2, 0.25) is 0 Å². The third kappa shape index (κ3) is 8.42. The molecule has 1 amide bonds. The van der Waals surface area contributed by atoms with Gasteiger partial charge in [0.2, 0.25) is 0 Å². The number of pyridine rings is 1. The van der Waals surface area contributed by atoms with Gasteiger partial charge in [-0.05, 0) is 49.2 Å². The fourth-order valence-electron chi connectivity index (χ4n) is 6.67. The minimum absolute atomic E-state index is 0. The lowest BCUT2D eigenvalue weighted by Crippen LogP contribution is -2.32. The number of rotatable bonds is 7. The van der Waals surface area contributed by atoms with E-state index in [1.807, 2.05) is 0 Å². The summed E-state index contributed by atoms with van der Waals surface area (Å²) >= 11 is 0. The Bertz CT molecular complexity index is 2160. The lowest BCUT2D eigenvalue weighted by atomic mass is 9.76. The van der Waals surface area contributed by atoms with Crippen molar-refractivity contribution in [1.82, 2.24) is 4.98 Å². The van der Waals surface area contributed by atoms with E-state index in [9.17, 15) is 4.79 Å². The molecule has 55 heavy (non-hydrogen) atoms. The third-order valence-electron chi connectivity index (χ3n) is 9.19. The molecule has 4 N–H and O–H groups in total. The van der Waals surface area contributed by atoms with Crippen LogP contribution in [0.25, 0.3) is 0 Å². The van der Waals surface area contributed by atoms with Crippen LogP contribution in [0.4, 0.5) is 0 Å². The van der Waals surface area contributed by atoms with Gasteiger partial charge in [-0.15, -0.1) is 0 Å². The second kappa shape index (κ2) is 17.5. The summed E-state index contributed by atoms with van der Waals surface area (Å²) in [6.07, 6.45) is 1.50. The van der Waals surface area contributed by atoms with E-state index in [-0.39, 0.29) is 24.5 Å². The Labute approximate surface area is 326 Å². The van der Waals surface area contributed by atoms with Gasteiger partial charge in [0.1, 0.15) is 17.2 Å². The van der Waals surface area contributed by atoms with Gasteiger partial charge in [-0.2, -0.15) is 4.99 Å². The molecule has 0 radical (unpaired) electrons. The van der Waals surface area contributed by atoms with Crippen LogP contribution >= 0.6 is 15.8 Å². The Balaban J connectivity index is 0.000000340. The molecular weight excluding hydrogens is 714 g/mol. The lowest BCUT2D eigenvalue weighted by Gasteiger charge is -2.38. The first-order valence-corrected chi connectivity index (χ1v) is 20.3. The van der Waals surface area contributed by atoms with Crippen LogP contribution < -0.4 is 48.0 Å². The number of amides is 1. The first kappa shape index (κ1) is 38.8. The SMILES string of the molecule is C.CC1(C)c2cccc(P(c3ccccc3)c3ccccc3)c2Oc2c(P(c3ccccc3)c3ccccc3)cccc21.NC(N)=NC(=O)c1ccccn1. The highest BCUT2D eigenvalue weighted by molar-refractivity contribution is 7.80. The molecule has 8 heteroatoms. The molecule has 274 valence electrons. The highest BCUT2D eigenvalue weighted by Gasteiger charge is 2.39. The quantitative estimate of drug-likeness (QED) is 0.0983. The number of aliphatic imine (C=N–C) groups is 1. The number of carbonyl (C=O) groups excluding carboxylic acids is 1. The maximum absolute atomic E-state index is 11.0. The molecule has 0 spiro atoms. The number of guanidine groups is 1. The van der Waals surface area contributed by atoms with E-state index in [4.69, 9.17) is 16.2 Å². The van der Waals surface area contributed by atoms with Crippen molar-refractivity contribution in [2.45, 2.75) is 26.7 Å². The topological polar surface area (TPSA) is 104 Å². The van der Waals surface area contributed by atoms with Crippen molar-refractivity contribution in [3.8, 4) is 11.5 Å². The third-order valence-corrected chi connectivity index (χ3v) is 14.1. The summed E-state index contributed by atoms with van der Waals surface area (Å²) < 4.78 is 7.26. The molecule has 2 heterocycles. The molecule has 0 saturated carbocycles. The van der Waals surface area contributed by atoms with Crippen molar-refractivity contribution < 1.29 is 9.53 Å². The maximum atomic E-state index is 11.0. The summed E-state index contributed by atoms with van der Waals surface area (Å²) in [6.45, 7) is 4.70. The van der Waals surface area contributed by atoms with Gasteiger partial charge in [0.25, 0.3) is 5.91 Å². The number of hydrogen-bond acceptors (Lipinski definition) is 3. The van der Waals surface area contributed by atoms with Gasteiger partial charge in [-0.25, -0.2) is 0 Å². The standard InChI is InChI=1S/C39H32OP2.C7H8N4O.CH4/c1-39(2)33-25-15-27-35(41(29-17-7-3-8-18-29)30-19-9-4-10-20-30)37(33)40-38-34(39)26-16-28-36(38)42(31-21-11-5-12-22-31)32-23-13-6-14-24-32;8-7(9)11-6(12)5-3-1-2-4-10-5;/h3-28H,1-2H3;1-4H,(H4,8,9,11,12);1H4. The summed E-state index contributed by atoms with van der Waals surface area (Å²) in [4.78, 5) is 18.1. The van der Waals surface area contributed by atoms with E-state index >= 15 is 0 Å². The molecule has 7 aromatic rings. The summed E-state index contributed by atoms with van der Waals surface area (Å²) in [6, 6.07) is 62.1. The van der Waals surface area contributed by atoms with Gasteiger partial charge in [0.15, 0.2) is 5.96 Å². The van der Waals surface area contributed by atoms with E-state index in [0.717, 1.165) is 11.5 Å². The van der Waals surface area contributed by atoms with Crippen LogP contribution in [-0.2, 0) is 5.41 Å². The first-order valence-electron chi connectivity index (χ1n) is 17.6. The molecule has 0 saturated heterocycles. The minimum Gasteiger partial charge on any atom is -0.455 e. The van der Waals surface area contributed by atoms with Crippen LogP contribution in [-0.4, -0.2) is 16.9 Å². The monoisotopic (exact) mass is 758 g/mol. The predicted octanol–water partition coefficient (Wildman–Crippen LogP) is 7.77. The molecule has 1 aromatic heterocycles. The largest absolute Gasteiger partial charge is 0.455 e. The highest BCUT2D eigenvalue weighted by Crippen LogP contribution is 2.52. The van der Waals surface area contributed by atoms with Crippen molar-refractivity contribution >= 4 is 59.5 Å². The molecule has 0 unspecified atom stereocenters. The molecule has 0 atom stereocenters. The van der Waals surface area contributed by atoms with Crippen LogP contribution in [0.15, 0.2) is 187 Å². The fourth-order valence-corrected chi connectivity index (χ4v) is 11.5. The number of hydrogen-bond donors (Lipinski definition) is 2.